The molecule has 2 aromatic rings. The number of piperidine rings is 1. The van der Waals surface area contributed by atoms with Crippen molar-refractivity contribution in [1.82, 2.24) is 4.98 Å². The quantitative estimate of drug-likeness (QED) is 0.803. The molecule has 3 rings (SSSR count). The number of fused-ring (bicyclic) bond motifs is 1. The lowest BCUT2D eigenvalue weighted by molar-refractivity contribution is 0.415. The van der Waals surface area contributed by atoms with Crippen molar-refractivity contribution in [2.45, 2.75) is 25.3 Å². The number of pyridine rings is 1. The number of nitrogens with zero attached hydrogens (tertiary/aromatic N) is 2. The lowest BCUT2D eigenvalue weighted by Crippen LogP contribution is -2.41. The van der Waals surface area contributed by atoms with Crippen LogP contribution in [0.5, 0.6) is 5.75 Å². The first-order chi connectivity index (χ1) is 9.83. The standard InChI is InChI=1S/C16H19ClN2O/c1-20-14-6-5-12-7-8-18-16(15(12)10-14)19-9-3-2-4-13(19)11-17/h5-8,10,13H,2-4,9,11H2,1H3. The molecule has 1 aliphatic heterocycles. The third kappa shape index (κ3) is 2.42. The van der Waals surface area contributed by atoms with Gasteiger partial charge >= 0.3 is 0 Å². The molecule has 1 atom stereocenters. The van der Waals surface area contributed by atoms with E-state index < -0.39 is 0 Å². The van der Waals surface area contributed by atoms with Gasteiger partial charge in [0.15, 0.2) is 0 Å². The Morgan fingerprint density at radius 2 is 2.25 bits per heavy atom. The minimum absolute atomic E-state index is 0.384. The molecule has 4 heteroatoms. The fourth-order valence-electron chi connectivity index (χ4n) is 2.93. The number of hydrogen-bond acceptors (Lipinski definition) is 3. The third-order valence-corrected chi connectivity index (χ3v) is 4.39. The summed E-state index contributed by atoms with van der Waals surface area (Å²) in [5.41, 5.74) is 0. The Bertz CT molecular complexity index is 602. The van der Waals surface area contributed by atoms with E-state index in [-0.39, 0.29) is 0 Å². The van der Waals surface area contributed by atoms with Crippen LogP contribution >= 0.6 is 11.6 Å². The number of hydrogen-bond donors (Lipinski definition) is 0. The van der Waals surface area contributed by atoms with Crippen LogP contribution < -0.4 is 9.64 Å². The van der Waals surface area contributed by atoms with E-state index in [9.17, 15) is 0 Å². The largest absolute Gasteiger partial charge is 0.497 e. The molecule has 0 saturated carbocycles. The highest BCUT2D eigenvalue weighted by atomic mass is 35.5. The summed E-state index contributed by atoms with van der Waals surface area (Å²) in [6.45, 7) is 1.03. The normalized spacial score (nSPS) is 19.3. The van der Waals surface area contributed by atoms with Gasteiger partial charge in [-0.15, -0.1) is 11.6 Å². The summed E-state index contributed by atoms with van der Waals surface area (Å²) in [5.74, 6) is 2.56. The molecule has 2 heterocycles. The van der Waals surface area contributed by atoms with Gasteiger partial charge in [-0.1, -0.05) is 6.07 Å². The SMILES string of the molecule is COc1ccc2ccnc(N3CCCCC3CCl)c2c1. The Morgan fingerprint density at radius 1 is 1.35 bits per heavy atom. The molecule has 20 heavy (non-hydrogen) atoms. The molecule has 0 aliphatic carbocycles. The lowest BCUT2D eigenvalue weighted by atomic mass is 10.0. The monoisotopic (exact) mass is 290 g/mol. The van der Waals surface area contributed by atoms with Crippen LogP contribution in [0.1, 0.15) is 19.3 Å². The van der Waals surface area contributed by atoms with Gasteiger partial charge in [-0.25, -0.2) is 4.98 Å². The van der Waals surface area contributed by atoms with Crippen LogP contribution in [0.15, 0.2) is 30.5 Å². The molecule has 0 spiro atoms. The van der Waals surface area contributed by atoms with E-state index in [4.69, 9.17) is 16.3 Å². The van der Waals surface area contributed by atoms with Crippen LogP contribution in [0.2, 0.25) is 0 Å². The second-order valence-electron chi connectivity index (χ2n) is 5.22. The first kappa shape index (κ1) is 13.5. The Hall–Kier alpha value is -1.48. The van der Waals surface area contributed by atoms with Crippen molar-refractivity contribution in [3.63, 3.8) is 0 Å². The van der Waals surface area contributed by atoms with Crippen LogP contribution in [0.25, 0.3) is 10.8 Å². The van der Waals surface area contributed by atoms with Crippen molar-refractivity contribution in [1.29, 1.82) is 0 Å². The molecular weight excluding hydrogens is 272 g/mol. The predicted molar refractivity (Wildman–Crippen MR) is 84.0 cm³/mol. The molecule has 1 unspecified atom stereocenters. The Kier molecular flexibility index (Phi) is 3.97. The number of anilines is 1. The van der Waals surface area contributed by atoms with Crippen molar-refractivity contribution >= 4 is 28.2 Å². The highest BCUT2D eigenvalue weighted by Gasteiger charge is 2.24. The zero-order valence-corrected chi connectivity index (χ0v) is 12.4. The van der Waals surface area contributed by atoms with Crippen LogP contribution in [-0.4, -0.2) is 30.6 Å². The molecule has 0 amide bonds. The molecule has 3 nitrogen and oxygen atoms in total. The molecule has 1 aromatic carbocycles. The van der Waals surface area contributed by atoms with Crippen molar-refractivity contribution in [3.8, 4) is 5.75 Å². The zero-order valence-electron chi connectivity index (χ0n) is 11.7. The van der Waals surface area contributed by atoms with Gasteiger partial charge in [-0.3, -0.25) is 0 Å². The third-order valence-electron chi connectivity index (χ3n) is 4.03. The second-order valence-corrected chi connectivity index (χ2v) is 5.53. The summed E-state index contributed by atoms with van der Waals surface area (Å²) >= 11 is 6.14. The van der Waals surface area contributed by atoms with Gasteiger partial charge in [0.05, 0.1) is 7.11 Å². The first-order valence-electron chi connectivity index (χ1n) is 7.09. The number of alkyl halides is 1. The molecule has 1 saturated heterocycles. The van der Waals surface area contributed by atoms with Crippen molar-refractivity contribution in [2.75, 3.05) is 24.4 Å². The van der Waals surface area contributed by atoms with E-state index in [0.717, 1.165) is 29.9 Å². The number of benzene rings is 1. The lowest BCUT2D eigenvalue weighted by Gasteiger charge is -2.36. The Labute approximate surface area is 124 Å². The van der Waals surface area contributed by atoms with Crippen molar-refractivity contribution < 1.29 is 4.74 Å². The maximum atomic E-state index is 6.14. The molecule has 1 fully saturated rings. The molecule has 1 aromatic heterocycles. The maximum absolute atomic E-state index is 6.14. The summed E-state index contributed by atoms with van der Waals surface area (Å²) in [4.78, 5) is 6.98. The van der Waals surface area contributed by atoms with Crippen molar-refractivity contribution in [2.24, 2.45) is 0 Å². The number of ether oxygens (including phenoxy) is 1. The van der Waals surface area contributed by atoms with E-state index in [1.807, 2.05) is 18.3 Å². The molecule has 0 radical (unpaired) electrons. The number of rotatable bonds is 3. The van der Waals surface area contributed by atoms with Crippen LogP contribution in [0.4, 0.5) is 5.82 Å². The highest BCUT2D eigenvalue weighted by molar-refractivity contribution is 6.18. The molecule has 106 valence electrons. The number of methoxy groups -OCH3 is 1. The molecule has 0 N–H and O–H groups in total. The average Bonchev–Trinajstić information content (AvgIpc) is 2.53. The zero-order chi connectivity index (χ0) is 13.9. The van der Waals surface area contributed by atoms with Crippen LogP contribution in [0.3, 0.4) is 0 Å². The maximum Gasteiger partial charge on any atom is 0.136 e. The first-order valence-corrected chi connectivity index (χ1v) is 7.62. The molecular formula is C16H19ClN2O. The minimum atomic E-state index is 0.384. The topological polar surface area (TPSA) is 25.4 Å². The van der Waals surface area contributed by atoms with E-state index in [0.29, 0.717) is 11.9 Å². The predicted octanol–water partition coefficient (Wildman–Crippen LogP) is 3.84. The summed E-state index contributed by atoms with van der Waals surface area (Å²) in [6, 6.07) is 8.56. The van der Waals surface area contributed by atoms with Crippen molar-refractivity contribution in [3.05, 3.63) is 30.5 Å². The Morgan fingerprint density at radius 3 is 3.05 bits per heavy atom. The van der Waals surface area contributed by atoms with Gasteiger partial charge in [0, 0.05) is 30.0 Å². The van der Waals surface area contributed by atoms with E-state index in [1.165, 1.54) is 18.2 Å². The van der Waals surface area contributed by atoms with Crippen LogP contribution in [-0.2, 0) is 0 Å². The summed E-state index contributed by atoms with van der Waals surface area (Å²) in [5, 5.41) is 2.33. The minimum Gasteiger partial charge on any atom is -0.497 e. The van der Waals surface area contributed by atoms with Gasteiger partial charge in [-0.05, 0) is 42.8 Å². The van der Waals surface area contributed by atoms with Gasteiger partial charge in [-0.2, -0.15) is 0 Å². The van der Waals surface area contributed by atoms with Gasteiger partial charge in [0.1, 0.15) is 11.6 Å². The molecule has 1 aliphatic rings. The van der Waals surface area contributed by atoms with Crippen LogP contribution in [0, 0.1) is 0 Å². The number of halogens is 1. The summed E-state index contributed by atoms with van der Waals surface area (Å²) in [7, 11) is 1.69. The fourth-order valence-corrected chi connectivity index (χ4v) is 3.25. The van der Waals surface area contributed by atoms with E-state index in [1.54, 1.807) is 7.11 Å². The molecule has 0 bridgehead atoms. The van der Waals surface area contributed by atoms with Gasteiger partial charge in [0.2, 0.25) is 0 Å². The smallest absolute Gasteiger partial charge is 0.136 e. The van der Waals surface area contributed by atoms with Gasteiger partial charge in [0.25, 0.3) is 0 Å². The summed E-state index contributed by atoms with van der Waals surface area (Å²) < 4.78 is 5.35. The average molecular weight is 291 g/mol. The summed E-state index contributed by atoms with van der Waals surface area (Å²) in [6.07, 6.45) is 5.48. The number of aromatic nitrogens is 1. The van der Waals surface area contributed by atoms with E-state index >= 15 is 0 Å². The fraction of sp³-hybridized carbons (Fsp3) is 0.438. The van der Waals surface area contributed by atoms with E-state index in [2.05, 4.69) is 22.0 Å². The van der Waals surface area contributed by atoms with Gasteiger partial charge < -0.3 is 9.64 Å². The Balaban J connectivity index is 2.09. The highest BCUT2D eigenvalue weighted by Crippen LogP contribution is 2.32. The second kappa shape index (κ2) is 5.88.